The Morgan fingerprint density at radius 3 is 2.56 bits per heavy atom. The van der Waals surface area contributed by atoms with Crippen molar-refractivity contribution in [3.05, 3.63) is 135 Å². The van der Waals surface area contributed by atoms with Gasteiger partial charge in [-0.25, -0.2) is 4.68 Å². The number of benzene rings is 3. The van der Waals surface area contributed by atoms with Crippen LogP contribution in [-0.4, -0.2) is 32.5 Å². The molecule has 0 saturated heterocycles. The quantitative estimate of drug-likeness (QED) is 0.237. The zero-order valence-electron chi connectivity index (χ0n) is 21.4. The van der Waals surface area contributed by atoms with E-state index >= 15 is 0 Å². The van der Waals surface area contributed by atoms with Gasteiger partial charge in [-0.05, 0) is 48.4 Å². The first-order valence-electron chi connectivity index (χ1n) is 12.2. The Balaban J connectivity index is 1.39. The van der Waals surface area contributed by atoms with Gasteiger partial charge in [-0.15, -0.1) is 5.10 Å². The first-order chi connectivity index (χ1) is 18.9. The van der Waals surface area contributed by atoms with Gasteiger partial charge < -0.3 is 9.47 Å². The SMILES string of the molecule is COc1ccc(C(=O)c2ccc(=O)n(-c3ccccc3C)c2)c(OCc2cn(Cc3ccccc3Cl)nn2)c1. The van der Waals surface area contributed by atoms with Crippen molar-refractivity contribution in [1.29, 1.82) is 0 Å². The average Bonchev–Trinajstić information content (AvgIpc) is 3.40. The predicted molar refractivity (Wildman–Crippen MR) is 148 cm³/mol. The molecule has 9 heteroatoms. The summed E-state index contributed by atoms with van der Waals surface area (Å²) in [4.78, 5) is 26.2. The molecule has 0 saturated carbocycles. The van der Waals surface area contributed by atoms with Crippen LogP contribution in [0.4, 0.5) is 0 Å². The van der Waals surface area contributed by atoms with Crippen LogP contribution in [-0.2, 0) is 13.2 Å². The standard InChI is InChI=1S/C30H25ClN4O4/c1-20-7-3-6-10-27(20)35-17-22(11-14-29(35)36)30(37)25-13-12-24(38-2)15-28(25)39-19-23-18-34(33-32-23)16-21-8-4-5-9-26(21)31/h3-15,17-18H,16,19H2,1-2H3. The second-order valence-corrected chi connectivity index (χ2v) is 9.30. The third-order valence-corrected chi connectivity index (χ3v) is 6.60. The molecule has 39 heavy (non-hydrogen) atoms. The molecule has 0 aliphatic carbocycles. The van der Waals surface area contributed by atoms with E-state index in [2.05, 4.69) is 10.3 Å². The van der Waals surface area contributed by atoms with Gasteiger partial charge in [0.2, 0.25) is 0 Å². The summed E-state index contributed by atoms with van der Waals surface area (Å²) in [5, 5.41) is 9.00. The van der Waals surface area contributed by atoms with Gasteiger partial charge >= 0.3 is 0 Å². The van der Waals surface area contributed by atoms with Crippen molar-refractivity contribution in [1.82, 2.24) is 19.6 Å². The Hall–Kier alpha value is -4.69. The highest BCUT2D eigenvalue weighted by Gasteiger charge is 2.18. The fraction of sp³-hybridized carbons (Fsp3) is 0.133. The van der Waals surface area contributed by atoms with Crippen LogP contribution in [0.5, 0.6) is 11.5 Å². The number of halogens is 1. The van der Waals surface area contributed by atoms with Gasteiger partial charge in [-0.1, -0.05) is 53.2 Å². The largest absolute Gasteiger partial charge is 0.497 e. The molecule has 8 nitrogen and oxygen atoms in total. The predicted octanol–water partition coefficient (Wildman–Crippen LogP) is 5.26. The number of aromatic nitrogens is 4. The van der Waals surface area contributed by atoms with E-state index < -0.39 is 0 Å². The number of para-hydroxylation sites is 1. The summed E-state index contributed by atoms with van der Waals surface area (Å²) >= 11 is 6.26. The molecule has 2 aromatic heterocycles. The van der Waals surface area contributed by atoms with Gasteiger partial charge in [0.05, 0.1) is 31.1 Å². The fourth-order valence-corrected chi connectivity index (χ4v) is 4.37. The monoisotopic (exact) mass is 540 g/mol. The van der Waals surface area contributed by atoms with Crippen LogP contribution >= 0.6 is 11.6 Å². The van der Waals surface area contributed by atoms with Crippen molar-refractivity contribution in [3.63, 3.8) is 0 Å². The van der Waals surface area contributed by atoms with Gasteiger partial charge in [0, 0.05) is 28.9 Å². The van der Waals surface area contributed by atoms with E-state index in [0.29, 0.717) is 45.6 Å². The molecule has 0 spiro atoms. The average molecular weight is 541 g/mol. The van der Waals surface area contributed by atoms with E-state index in [-0.39, 0.29) is 17.9 Å². The van der Waals surface area contributed by atoms with Crippen molar-refractivity contribution < 1.29 is 14.3 Å². The van der Waals surface area contributed by atoms with Gasteiger partial charge in [0.1, 0.15) is 23.8 Å². The van der Waals surface area contributed by atoms with Crippen molar-refractivity contribution in [2.75, 3.05) is 7.11 Å². The van der Waals surface area contributed by atoms with Crippen LogP contribution in [0.3, 0.4) is 0 Å². The maximum Gasteiger partial charge on any atom is 0.255 e. The molecule has 0 radical (unpaired) electrons. The number of aryl methyl sites for hydroxylation is 1. The number of hydrogen-bond donors (Lipinski definition) is 0. The summed E-state index contributed by atoms with van der Waals surface area (Å²) < 4.78 is 14.5. The van der Waals surface area contributed by atoms with Gasteiger partial charge in [-0.3, -0.25) is 14.2 Å². The highest BCUT2D eigenvalue weighted by molar-refractivity contribution is 6.31. The summed E-state index contributed by atoms with van der Waals surface area (Å²) in [5.74, 6) is 0.569. The molecular weight excluding hydrogens is 516 g/mol. The Labute approximate surface area is 230 Å². The molecule has 196 valence electrons. The number of carbonyl (C=O) groups is 1. The number of nitrogens with zero attached hydrogens (tertiary/aromatic N) is 4. The first kappa shape index (κ1) is 25.9. The van der Waals surface area contributed by atoms with Crippen molar-refractivity contribution >= 4 is 17.4 Å². The van der Waals surface area contributed by atoms with E-state index in [9.17, 15) is 9.59 Å². The zero-order chi connectivity index (χ0) is 27.4. The molecule has 0 aliphatic rings. The topological polar surface area (TPSA) is 88.2 Å². The molecule has 5 aromatic rings. The second kappa shape index (κ2) is 11.4. The number of pyridine rings is 1. The lowest BCUT2D eigenvalue weighted by Gasteiger charge is -2.13. The molecule has 0 N–H and O–H groups in total. The van der Waals surface area contributed by atoms with Crippen molar-refractivity contribution in [2.24, 2.45) is 0 Å². The Bertz CT molecular complexity index is 1710. The van der Waals surface area contributed by atoms with Gasteiger partial charge in [0.25, 0.3) is 5.56 Å². The van der Waals surface area contributed by atoms with E-state index in [0.717, 1.165) is 11.1 Å². The van der Waals surface area contributed by atoms with Crippen LogP contribution in [0.2, 0.25) is 5.02 Å². The van der Waals surface area contributed by atoms with Crippen LogP contribution in [0.1, 0.15) is 32.7 Å². The maximum atomic E-state index is 13.6. The lowest BCUT2D eigenvalue weighted by Crippen LogP contribution is -2.19. The van der Waals surface area contributed by atoms with Crippen molar-refractivity contribution in [2.45, 2.75) is 20.1 Å². The van der Waals surface area contributed by atoms with Crippen LogP contribution in [0.15, 0.2) is 96.1 Å². The molecule has 3 aromatic carbocycles. The van der Waals surface area contributed by atoms with Crippen molar-refractivity contribution in [3.8, 4) is 17.2 Å². The molecule has 0 unspecified atom stereocenters. The third kappa shape index (κ3) is 5.76. The molecule has 2 heterocycles. The first-order valence-corrected chi connectivity index (χ1v) is 12.6. The van der Waals surface area contributed by atoms with E-state index in [1.807, 2.05) is 55.5 Å². The van der Waals surface area contributed by atoms with Gasteiger partial charge in [-0.2, -0.15) is 0 Å². The fourth-order valence-electron chi connectivity index (χ4n) is 4.17. The summed E-state index contributed by atoms with van der Waals surface area (Å²) in [6, 6.07) is 22.9. The number of ketones is 1. The third-order valence-electron chi connectivity index (χ3n) is 6.23. The van der Waals surface area contributed by atoms with E-state index in [1.165, 1.54) is 16.7 Å². The number of ether oxygens (including phenoxy) is 2. The number of hydrogen-bond acceptors (Lipinski definition) is 6. The Morgan fingerprint density at radius 2 is 1.77 bits per heavy atom. The lowest BCUT2D eigenvalue weighted by atomic mass is 10.0. The minimum atomic E-state index is -0.294. The zero-order valence-corrected chi connectivity index (χ0v) is 22.1. The maximum absolute atomic E-state index is 13.6. The Kier molecular flexibility index (Phi) is 7.56. The highest BCUT2D eigenvalue weighted by atomic mass is 35.5. The second-order valence-electron chi connectivity index (χ2n) is 8.89. The smallest absolute Gasteiger partial charge is 0.255 e. The number of carbonyl (C=O) groups excluding carboxylic acids is 1. The molecule has 0 amide bonds. The Morgan fingerprint density at radius 1 is 0.974 bits per heavy atom. The van der Waals surface area contributed by atoms with Crippen LogP contribution in [0, 0.1) is 6.92 Å². The molecule has 0 aliphatic heterocycles. The minimum Gasteiger partial charge on any atom is -0.497 e. The lowest BCUT2D eigenvalue weighted by molar-refractivity contribution is 0.103. The van der Waals surface area contributed by atoms with E-state index in [4.69, 9.17) is 21.1 Å². The minimum absolute atomic E-state index is 0.0820. The normalized spacial score (nSPS) is 10.8. The number of rotatable bonds is 9. The van der Waals surface area contributed by atoms with Gasteiger partial charge in [0.15, 0.2) is 5.78 Å². The van der Waals surface area contributed by atoms with Crippen LogP contribution in [0.25, 0.3) is 5.69 Å². The van der Waals surface area contributed by atoms with Crippen LogP contribution < -0.4 is 15.0 Å². The molecule has 0 atom stereocenters. The highest BCUT2D eigenvalue weighted by Crippen LogP contribution is 2.28. The van der Waals surface area contributed by atoms with E-state index in [1.54, 1.807) is 42.4 Å². The molecule has 5 rings (SSSR count). The summed E-state index contributed by atoms with van der Waals surface area (Å²) in [7, 11) is 1.54. The molecule has 0 bridgehead atoms. The number of methoxy groups -OCH3 is 1. The summed E-state index contributed by atoms with van der Waals surface area (Å²) in [6.45, 7) is 2.46. The molecular formula is C30H25ClN4O4. The summed E-state index contributed by atoms with van der Waals surface area (Å²) in [5.41, 5.74) is 3.57. The summed E-state index contributed by atoms with van der Waals surface area (Å²) in [6.07, 6.45) is 3.32. The molecule has 0 fully saturated rings.